The first-order valence-electron chi connectivity index (χ1n) is 12.9. The van der Waals surface area contributed by atoms with Gasteiger partial charge in [-0.15, -0.1) is 0 Å². The van der Waals surface area contributed by atoms with Crippen LogP contribution in [0.25, 0.3) is 0 Å². The smallest absolute Gasteiger partial charge is 0.133 e. The van der Waals surface area contributed by atoms with E-state index in [1.165, 1.54) is 51.4 Å². The van der Waals surface area contributed by atoms with Crippen LogP contribution in [0.2, 0.25) is 0 Å². The van der Waals surface area contributed by atoms with E-state index < -0.39 is 0 Å². The van der Waals surface area contributed by atoms with E-state index in [1.807, 2.05) is 11.1 Å². The second-order valence-electron chi connectivity index (χ2n) is 12.4. The zero-order valence-electron chi connectivity index (χ0n) is 20.2. The second kappa shape index (κ2) is 7.83. The minimum absolute atomic E-state index is 0.409. The topological polar surface area (TPSA) is 17.1 Å². The third-order valence-electron chi connectivity index (χ3n) is 10.8. The molecule has 0 N–H and O–H groups in total. The number of allylic oxidation sites excluding steroid dienone is 2. The van der Waals surface area contributed by atoms with Crippen molar-refractivity contribution in [3.05, 3.63) is 11.1 Å². The Hall–Kier alpha value is -0.590. The summed E-state index contributed by atoms with van der Waals surface area (Å²) in [5, 5.41) is 0. The van der Waals surface area contributed by atoms with Gasteiger partial charge < -0.3 is 0 Å². The molecule has 1 nitrogen and oxygen atoms in total. The number of carbonyl (C=O) groups excluding carboxylic acids is 1. The van der Waals surface area contributed by atoms with E-state index in [-0.39, 0.29) is 0 Å². The van der Waals surface area contributed by atoms with Crippen molar-refractivity contribution in [2.24, 2.45) is 46.3 Å². The zero-order chi connectivity index (χ0) is 21.0. The summed E-state index contributed by atoms with van der Waals surface area (Å²) in [6.07, 6.45) is 13.9. The summed E-state index contributed by atoms with van der Waals surface area (Å²) in [4.78, 5) is 12.1. The molecule has 0 aromatic heterocycles. The Morgan fingerprint density at radius 3 is 2.41 bits per heavy atom. The predicted molar refractivity (Wildman–Crippen MR) is 123 cm³/mol. The van der Waals surface area contributed by atoms with E-state index in [4.69, 9.17) is 0 Å². The SMILES string of the molecule is CC(C)C(C)CCC(C)C1CCC2=C3CCC4CC(=O)CCC4(C)C3CCC21C. The Morgan fingerprint density at radius 2 is 1.69 bits per heavy atom. The third kappa shape index (κ3) is 3.57. The number of hydrogen-bond acceptors (Lipinski definition) is 1. The summed E-state index contributed by atoms with van der Waals surface area (Å²) in [7, 11) is 0. The molecule has 3 fully saturated rings. The summed E-state index contributed by atoms with van der Waals surface area (Å²) < 4.78 is 0. The molecule has 0 saturated heterocycles. The maximum atomic E-state index is 12.1. The fourth-order valence-electron chi connectivity index (χ4n) is 8.29. The highest BCUT2D eigenvalue weighted by molar-refractivity contribution is 5.79. The molecule has 0 aromatic rings. The van der Waals surface area contributed by atoms with Crippen LogP contribution in [0.3, 0.4) is 0 Å². The fourth-order valence-corrected chi connectivity index (χ4v) is 8.29. The Bertz CT molecular complexity index is 672. The molecule has 0 amide bonds. The van der Waals surface area contributed by atoms with Crippen molar-refractivity contribution < 1.29 is 4.79 Å². The van der Waals surface area contributed by atoms with Crippen LogP contribution in [-0.2, 0) is 4.79 Å². The summed E-state index contributed by atoms with van der Waals surface area (Å²) >= 11 is 0. The van der Waals surface area contributed by atoms with Crippen LogP contribution in [0.1, 0.15) is 112 Å². The minimum Gasteiger partial charge on any atom is -0.300 e. The van der Waals surface area contributed by atoms with Gasteiger partial charge in [-0.2, -0.15) is 0 Å². The minimum atomic E-state index is 0.409. The molecule has 7 unspecified atom stereocenters. The number of fused-ring (bicyclic) bond motifs is 4. The van der Waals surface area contributed by atoms with Gasteiger partial charge in [-0.25, -0.2) is 0 Å². The number of carbonyl (C=O) groups is 1. The van der Waals surface area contributed by atoms with Gasteiger partial charge in [0.25, 0.3) is 0 Å². The zero-order valence-corrected chi connectivity index (χ0v) is 20.2. The van der Waals surface area contributed by atoms with Crippen LogP contribution in [0.5, 0.6) is 0 Å². The highest BCUT2D eigenvalue weighted by atomic mass is 16.1. The van der Waals surface area contributed by atoms with E-state index >= 15 is 0 Å². The first kappa shape index (κ1) is 21.6. The Balaban J connectivity index is 1.54. The Morgan fingerprint density at radius 1 is 0.931 bits per heavy atom. The van der Waals surface area contributed by atoms with E-state index in [9.17, 15) is 4.79 Å². The second-order valence-corrected chi connectivity index (χ2v) is 12.4. The molecule has 0 aromatic carbocycles. The van der Waals surface area contributed by atoms with Crippen LogP contribution >= 0.6 is 0 Å². The first-order valence-corrected chi connectivity index (χ1v) is 12.9. The largest absolute Gasteiger partial charge is 0.300 e. The van der Waals surface area contributed by atoms with Gasteiger partial charge in [0.05, 0.1) is 0 Å². The molecular weight excluding hydrogens is 352 g/mol. The van der Waals surface area contributed by atoms with Crippen LogP contribution in [-0.4, -0.2) is 5.78 Å². The Kier molecular flexibility index (Phi) is 5.84. The third-order valence-corrected chi connectivity index (χ3v) is 10.8. The lowest BCUT2D eigenvalue weighted by atomic mass is 9.49. The monoisotopic (exact) mass is 398 g/mol. The molecule has 4 rings (SSSR count). The summed E-state index contributed by atoms with van der Waals surface area (Å²) in [5.41, 5.74) is 4.67. The van der Waals surface area contributed by atoms with Gasteiger partial charge in [0.15, 0.2) is 0 Å². The molecule has 0 bridgehead atoms. The van der Waals surface area contributed by atoms with Crippen molar-refractivity contribution in [2.45, 2.75) is 112 Å². The van der Waals surface area contributed by atoms with Gasteiger partial charge in [-0.1, -0.05) is 65.5 Å². The lowest BCUT2D eigenvalue weighted by Crippen LogP contribution is -2.47. The van der Waals surface area contributed by atoms with E-state index in [2.05, 4.69) is 41.5 Å². The summed E-state index contributed by atoms with van der Waals surface area (Å²) in [6, 6.07) is 0. The molecule has 0 heterocycles. The Labute approximate surface area is 180 Å². The molecule has 3 saturated carbocycles. The molecule has 0 aliphatic heterocycles. The van der Waals surface area contributed by atoms with Gasteiger partial charge >= 0.3 is 0 Å². The maximum Gasteiger partial charge on any atom is 0.133 e. The van der Waals surface area contributed by atoms with Crippen LogP contribution < -0.4 is 0 Å². The van der Waals surface area contributed by atoms with E-state index in [0.29, 0.717) is 22.5 Å². The van der Waals surface area contributed by atoms with Gasteiger partial charge in [-0.3, -0.25) is 4.79 Å². The van der Waals surface area contributed by atoms with Crippen LogP contribution in [0, 0.1) is 46.3 Å². The molecule has 164 valence electrons. The molecule has 1 heteroatoms. The molecule has 0 radical (unpaired) electrons. The normalized spacial score (nSPS) is 41.8. The number of Topliss-reactive ketones (excluding diaryl/α,β-unsaturated/α-hetero) is 1. The van der Waals surface area contributed by atoms with Crippen LogP contribution in [0.4, 0.5) is 0 Å². The van der Waals surface area contributed by atoms with Crippen molar-refractivity contribution in [3.8, 4) is 0 Å². The molecule has 29 heavy (non-hydrogen) atoms. The lowest BCUT2D eigenvalue weighted by molar-refractivity contribution is -0.127. The maximum absolute atomic E-state index is 12.1. The summed E-state index contributed by atoms with van der Waals surface area (Å²) in [5.74, 6) is 5.40. The highest BCUT2D eigenvalue weighted by Gasteiger charge is 2.55. The lowest BCUT2D eigenvalue weighted by Gasteiger charge is -2.56. The van der Waals surface area contributed by atoms with Crippen molar-refractivity contribution in [1.82, 2.24) is 0 Å². The molecule has 7 atom stereocenters. The van der Waals surface area contributed by atoms with Crippen molar-refractivity contribution in [1.29, 1.82) is 0 Å². The van der Waals surface area contributed by atoms with Gasteiger partial charge in [0.2, 0.25) is 0 Å². The first-order chi connectivity index (χ1) is 13.7. The van der Waals surface area contributed by atoms with Gasteiger partial charge in [0.1, 0.15) is 5.78 Å². The summed E-state index contributed by atoms with van der Waals surface area (Å²) in [6.45, 7) is 15.0. The fraction of sp³-hybridized carbons (Fsp3) is 0.893. The number of rotatable bonds is 5. The number of ketones is 1. The standard InChI is InChI=1S/C28H46O/c1-18(2)19(3)7-8-20(4)24-11-12-25-23-10-9-21-17-22(29)13-15-27(21,5)26(23)14-16-28(24,25)6/h18-21,24,26H,7-17H2,1-6H3. The van der Waals surface area contributed by atoms with E-state index in [1.54, 1.807) is 0 Å². The molecule has 4 aliphatic carbocycles. The predicted octanol–water partition coefficient (Wildman–Crippen LogP) is 7.99. The molecular formula is C28H46O. The molecule has 4 aliphatic rings. The van der Waals surface area contributed by atoms with Crippen LogP contribution in [0.15, 0.2) is 11.1 Å². The quantitative estimate of drug-likeness (QED) is 0.429. The highest BCUT2D eigenvalue weighted by Crippen LogP contribution is 2.65. The van der Waals surface area contributed by atoms with Crippen molar-refractivity contribution >= 4 is 5.78 Å². The van der Waals surface area contributed by atoms with Crippen molar-refractivity contribution in [3.63, 3.8) is 0 Å². The van der Waals surface area contributed by atoms with Gasteiger partial charge in [0, 0.05) is 12.8 Å². The van der Waals surface area contributed by atoms with Gasteiger partial charge in [-0.05, 0) is 91.3 Å². The van der Waals surface area contributed by atoms with Crippen molar-refractivity contribution in [2.75, 3.05) is 0 Å². The number of hydrogen-bond donors (Lipinski definition) is 0. The molecule has 0 spiro atoms. The average Bonchev–Trinajstić information content (AvgIpc) is 3.03. The average molecular weight is 399 g/mol. The van der Waals surface area contributed by atoms with E-state index in [0.717, 1.165) is 48.9 Å².